The van der Waals surface area contributed by atoms with Crippen LogP contribution in [-0.2, 0) is 6.18 Å². The van der Waals surface area contributed by atoms with E-state index in [1.54, 1.807) is 10.6 Å². The van der Waals surface area contributed by atoms with Crippen LogP contribution in [0.5, 0.6) is 0 Å². The summed E-state index contributed by atoms with van der Waals surface area (Å²) >= 11 is 0. The van der Waals surface area contributed by atoms with Crippen LogP contribution in [0.25, 0.3) is 22.7 Å². The van der Waals surface area contributed by atoms with Gasteiger partial charge in [-0.25, -0.2) is 0 Å². The molecule has 2 aromatic heterocycles. The average Bonchev–Trinajstić information content (AvgIpc) is 2.98. The Labute approximate surface area is 252 Å². The van der Waals surface area contributed by atoms with Crippen LogP contribution in [0.2, 0.25) is 0 Å². The van der Waals surface area contributed by atoms with Gasteiger partial charge in [0.25, 0.3) is 0 Å². The fourth-order valence-corrected chi connectivity index (χ4v) is 6.37. The predicted octanol–water partition coefficient (Wildman–Crippen LogP) is 8.28. The standard InChI is InChI=1S/C37H38F3N3/c1-6-13-32(35-25(2)14-11-15-26(35)3)41-22-12-19-34-36(28(5)43-24-29(37(38,39)40)21-20-27(43)4)31-17-8-7-16-30(31)33-18-9-10-23-42(33)34/h6-11,13-18,20-21,23-24,34,36,41H,1,5,12,19,22H2,2-4H3/q+2/b32-13-. The fraction of sp³-hybridized carbons (Fsp3) is 0.243. The Bertz CT molecular complexity index is 1680. The zero-order chi connectivity index (χ0) is 30.7. The second kappa shape index (κ2) is 12.4. The van der Waals surface area contributed by atoms with Crippen LogP contribution < -0.4 is 14.5 Å². The molecule has 2 atom stereocenters. The smallest absolute Gasteiger partial charge is 0.385 e. The van der Waals surface area contributed by atoms with Gasteiger partial charge in [0.1, 0.15) is 11.5 Å². The molecule has 5 rings (SSSR count). The molecule has 1 aliphatic rings. The van der Waals surface area contributed by atoms with Crippen LogP contribution in [-0.4, -0.2) is 6.54 Å². The Kier molecular flexibility index (Phi) is 8.67. The predicted molar refractivity (Wildman–Crippen MR) is 167 cm³/mol. The van der Waals surface area contributed by atoms with E-state index < -0.39 is 11.7 Å². The fourth-order valence-electron chi connectivity index (χ4n) is 6.37. The molecule has 0 amide bonds. The van der Waals surface area contributed by atoms with E-state index in [2.05, 4.69) is 79.5 Å². The van der Waals surface area contributed by atoms with Gasteiger partial charge < -0.3 is 5.32 Å². The van der Waals surface area contributed by atoms with Gasteiger partial charge in [0, 0.05) is 49.3 Å². The minimum atomic E-state index is -4.45. The molecule has 2 aromatic carbocycles. The third kappa shape index (κ3) is 6.05. The summed E-state index contributed by atoms with van der Waals surface area (Å²) in [5.74, 6) is -0.231. The largest absolute Gasteiger partial charge is 0.422 e. The molecule has 0 spiro atoms. The van der Waals surface area contributed by atoms with E-state index in [-0.39, 0.29) is 12.0 Å². The first-order chi connectivity index (χ1) is 20.6. The molecule has 1 aliphatic heterocycles. The summed E-state index contributed by atoms with van der Waals surface area (Å²) in [7, 11) is 0. The van der Waals surface area contributed by atoms with E-state index in [4.69, 9.17) is 0 Å². The minimum absolute atomic E-state index is 0.0473. The monoisotopic (exact) mass is 581 g/mol. The van der Waals surface area contributed by atoms with Crippen molar-refractivity contribution < 1.29 is 22.3 Å². The maximum absolute atomic E-state index is 13.8. The van der Waals surface area contributed by atoms with E-state index >= 15 is 0 Å². The van der Waals surface area contributed by atoms with E-state index in [9.17, 15) is 13.2 Å². The molecule has 0 saturated carbocycles. The summed E-state index contributed by atoms with van der Waals surface area (Å²) in [5.41, 5.74) is 8.46. The molecule has 43 heavy (non-hydrogen) atoms. The van der Waals surface area contributed by atoms with Crippen molar-refractivity contribution in [2.45, 2.75) is 51.7 Å². The molecule has 0 bridgehead atoms. The van der Waals surface area contributed by atoms with Crippen LogP contribution in [0.3, 0.4) is 0 Å². The molecule has 0 saturated heterocycles. The molecule has 2 unspecified atom stereocenters. The lowest BCUT2D eigenvalue weighted by Gasteiger charge is -2.30. The number of rotatable bonds is 9. The Hall–Kier alpha value is -4.45. The van der Waals surface area contributed by atoms with Crippen LogP contribution >= 0.6 is 0 Å². The number of benzene rings is 2. The Morgan fingerprint density at radius 1 is 0.930 bits per heavy atom. The van der Waals surface area contributed by atoms with Crippen molar-refractivity contribution in [1.29, 1.82) is 0 Å². The number of hydrogen-bond donors (Lipinski definition) is 1. The topological polar surface area (TPSA) is 19.8 Å². The summed E-state index contributed by atoms with van der Waals surface area (Å²) in [6.07, 6.45) is 4.25. The molecular weight excluding hydrogens is 543 g/mol. The number of alkyl halides is 3. The lowest BCUT2D eigenvalue weighted by molar-refractivity contribution is -0.720. The second-order valence-corrected chi connectivity index (χ2v) is 11.2. The van der Waals surface area contributed by atoms with Gasteiger partial charge in [0.2, 0.25) is 5.69 Å². The summed E-state index contributed by atoms with van der Waals surface area (Å²) < 4.78 is 45.1. The van der Waals surface area contributed by atoms with Crippen molar-refractivity contribution in [3.05, 3.63) is 144 Å². The first-order valence-corrected chi connectivity index (χ1v) is 14.6. The molecule has 0 radical (unpaired) electrons. The molecule has 0 fully saturated rings. The Morgan fingerprint density at radius 2 is 1.65 bits per heavy atom. The lowest BCUT2D eigenvalue weighted by atomic mass is 9.79. The first kappa shape index (κ1) is 30.0. The van der Waals surface area contributed by atoms with E-state index in [0.29, 0.717) is 11.4 Å². The molecule has 1 N–H and O–H groups in total. The number of pyridine rings is 2. The summed E-state index contributed by atoms with van der Waals surface area (Å²) in [5, 5.41) is 3.64. The van der Waals surface area contributed by atoms with Crippen molar-refractivity contribution in [3.8, 4) is 11.3 Å². The van der Waals surface area contributed by atoms with Gasteiger partial charge in [0.15, 0.2) is 29.8 Å². The van der Waals surface area contributed by atoms with Gasteiger partial charge in [-0.1, -0.05) is 49.1 Å². The lowest BCUT2D eigenvalue weighted by Crippen LogP contribution is -2.51. The maximum atomic E-state index is 13.8. The van der Waals surface area contributed by atoms with Gasteiger partial charge >= 0.3 is 6.18 Å². The number of hydrogen-bond acceptors (Lipinski definition) is 1. The van der Waals surface area contributed by atoms with Crippen molar-refractivity contribution >= 4 is 11.4 Å². The van der Waals surface area contributed by atoms with Gasteiger partial charge in [-0.2, -0.15) is 22.3 Å². The van der Waals surface area contributed by atoms with Crippen LogP contribution in [0.15, 0.2) is 111 Å². The highest BCUT2D eigenvalue weighted by Gasteiger charge is 2.45. The molecule has 6 heteroatoms. The number of halogens is 3. The molecule has 4 aromatic rings. The molecule has 0 aliphatic carbocycles. The van der Waals surface area contributed by atoms with E-state index in [1.165, 1.54) is 29.0 Å². The molecule has 3 heterocycles. The number of nitrogens with zero attached hydrogens (tertiary/aromatic N) is 2. The van der Waals surface area contributed by atoms with Crippen LogP contribution in [0.4, 0.5) is 13.2 Å². The average molecular weight is 582 g/mol. The van der Waals surface area contributed by atoms with Crippen LogP contribution in [0, 0.1) is 20.8 Å². The number of allylic oxidation sites excluding steroid dienone is 3. The van der Waals surface area contributed by atoms with Crippen molar-refractivity contribution in [3.63, 3.8) is 0 Å². The highest BCUT2D eigenvalue weighted by atomic mass is 19.4. The van der Waals surface area contributed by atoms with Crippen molar-refractivity contribution in [1.82, 2.24) is 5.32 Å². The minimum Gasteiger partial charge on any atom is -0.385 e. The van der Waals surface area contributed by atoms with Gasteiger partial charge in [-0.3, -0.25) is 0 Å². The van der Waals surface area contributed by atoms with Gasteiger partial charge in [-0.05, 0) is 67.8 Å². The highest BCUT2D eigenvalue weighted by Crippen LogP contribution is 2.43. The summed E-state index contributed by atoms with van der Waals surface area (Å²) in [6.45, 7) is 15.1. The zero-order valence-electron chi connectivity index (χ0n) is 25.0. The van der Waals surface area contributed by atoms with Crippen molar-refractivity contribution in [2.75, 3.05) is 6.54 Å². The third-order valence-corrected chi connectivity index (χ3v) is 8.38. The number of nitrogens with one attached hydrogen (secondary N) is 1. The van der Waals surface area contributed by atoms with E-state index in [1.807, 2.05) is 37.3 Å². The molecule has 220 valence electrons. The normalized spacial score (nSPS) is 16.3. The zero-order valence-corrected chi connectivity index (χ0v) is 25.0. The third-order valence-electron chi connectivity index (χ3n) is 8.38. The van der Waals surface area contributed by atoms with Crippen LogP contribution in [0.1, 0.15) is 58.3 Å². The molecular formula is C37H38F3N3+2. The van der Waals surface area contributed by atoms with E-state index in [0.717, 1.165) is 48.0 Å². The van der Waals surface area contributed by atoms with Crippen molar-refractivity contribution in [2.24, 2.45) is 0 Å². The Morgan fingerprint density at radius 3 is 2.37 bits per heavy atom. The number of aromatic nitrogens is 2. The van der Waals surface area contributed by atoms with Gasteiger partial charge in [0.05, 0.1) is 5.56 Å². The quantitative estimate of drug-likeness (QED) is 0.120. The maximum Gasteiger partial charge on any atom is 0.422 e. The van der Waals surface area contributed by atoms with Gasteiger partial charge in [-0.15, -0.1) is 0 Å². The second-order valence-electron chi connectivity index (χ2n) is 11.2. The SMILES string of the molecule is C=C/C=C(\NCCCC1C(C(=C)[n+]2cc(C(F)(F)F)ccc2C)c2ccccc2-c2cccc[n+]21)c1c(C)cccc1C. The summed E-state index contributed by atoms with van der Waals surface area (Å²) in [4.78, 5) is 0. The highest BCUT2D eigenvalue weighted by molar-refractivity contribution is 5.70. The Balaban J connectivity index is 1.49. The molecule has 3 nitrogen and oxygen atoms in total. The number of aryl methyl sites for hydroxylation is 3. The number of fused-ring (bicyclic) bond motifs is 3. The summed E-state index contributed by atoms with van der Waals surface area (Å²) in [6, 6.07) is 23.2. The first-order valence-electron chi connectivity index (χ1n) is 14.6.